The van der Waals surface area contributed by atoms with Crippen LogP contribution in [-0.4, -0.2) is 30.5 Å². The van der Waals surface area contributed by atoms with E-state index in [9.17, 15) is 13.2 Å². The van der Waals surface area contributed by atoms with Crippen LogP contribution in [0, 0.1) is 5.92 Å². The molecule has 0 amide bonds. The highest BCUT2D eigenvalue weighted by atomic mass is 32.2. The smallest absolute Gasteiger partial charge is 0.304 e. The van der Waals surface area contributed by atoms with Crippen molar-refractivity contribution in [1.29, 1.82) is 0 Å². The molecule has 16 heavy (non-hydrogen) atoms. The van der Waals surface area contributed by atoms with Crippen LogP contribution in [0.1, 0.15) is 45.4 Å². The van der Waals surface area contributed by atoms with Crippen LogP contribution in [0.2, 0.25) is 0 Å². The van der Waals surface area contributed by atoms with Gasteiger partial charge in [0.2, 0.25) is 0 Å². The summed E-state index contributed by atoms with van der Waals surface area (Å²) in [6.07, 6.45) is 4.33. The molecule has 1 N–H and O–H groups in total. The summed E-state index contributed by atoms with van der Waals surface area (Å²) >= 11 is 0. The first-order valence-corrected chi connectivity index (χ1v) is 7.62. The Morgan fingerprint density at radius 3 is 2.50 bits per heavy atom. The second-order valence-corrected chi connectivity index (χ2v) is 6.84. The predicted molar refractivity (Wildman–Crippen MR) is 62.1 cm³/mol. The van der Waals surface area contributed by atoms with E-state index in [4.69, 9.17) is 5.11 Å². The Labute approximate surface area is 97.0 Å². The van der Waals surface area contributed by atoms with Gasteiger partial charge in [0, 0.05) is 0 Å². The molecule has 0 bridgehead atoms. The van der Waals surface area contributed by atoms with E-state index in [2.05, 4.69) is 0 Å². The molecule has 4 nitrogen and oxygen atoms in total. The minimum absolute atomic E-state index is 0.205. The molecule has 0 aromatic carbocycles. The zero-order valence-corrected chi connectivity index (χ0v) is 10.5. The lowest BCUT2D eigenvalue weighted by atomic mass is 9.87. The number of carboxylic acids is 1. The topological polar surface area (TPSA) is 71.4 Å². The molecule has 2 atom stereocenters. The molecule has 0 saturated heterocycles. The number of sulfone groups is 1. The number of rotatable bonds is 5. The van der Waals surface area contributed by atoms with Gasteiger partial charge in [-0.15, -0.1) is 0 Å². The molecule has 1 saturated carbocycles. The minimum atomic E-state index is -3.22. The fraction of sp³-hybridized carbons (Fsp3) is 0.909. The van der Waals surface area contributed by atoms with Gasteiger partial charge in [0.25, 0.3) is 0 Å². The van der Waals surface area contributed by atoms with Crippen molar-refractivity contribution in [3.05, 3.63) is 0 Å². The molecule has 2 unspecified atom stereocenters. The predicted octanol–water partition coefficient (Wildman–Crippen LogP) is 1.84. The van der Waals surface area contributed by atoms with E-state index >= 15 is 0 Å². The first-order chi connectivity index (χ1) is 7.47. The summed E-state index contributed by atoms with van der Waals surface area (Å²) in [4.78, 5) is 10.4. The van der Waals surface area contributed by atoms with Gasteiger partial charge in [-0.25, -0.2) is 8.42 Å². The van der Waals surface area contributed by atoms with Crippen LogP contribution >= 0.6 is 0 Å². The quantitative estimate of drug-likeness (QED) is 0.806. The van der Waals surface area contributed by atoms with E-state index in [1.807, 2.05) is 6.92 Å². The number of hydrogen-bond donors (Lipinski definition) is 1. The third-order valence-electron chi connectivity index (χ3n) is 3.43. The van der Waals surface area contributed by atoms with E-state index in [1.165, 1.54) is 0 Å². The number of carbonyl (C=O) groups is 1. The summed E-state index contributed by atoms with van der Waals surface area (Å²) in [6.45, 7) is 2.01. The van der Waals surface area contributed by atoms with Crippen molar-refractivity contribution in [1.82, 2.24) is 0 Å². The number of aliphatic carboxylic acids is 1. The Morgan fingerprint density at radius 1 is 1.31 bits per heavy atom. The molecular formula is C11H20O4S. The van der Waals surface area contributed by atoms with Gasteiger partial charge in [0.15, 0.2) is 9.84 Å². The average Bonchev–Trinajstić information content (AvgIpc) is 2.26. The van der Waals surface area contributed by atoms with E-state index in [-0.39, 0.29) is 23.3 Å². The van der Waals surface area contributed by atoms with Crippen molar-refractivity contribution in [2.24, 2.45) is 5.92 Å². The Bertz CT molecular complexity index is 334. The highest BCUT2D eigenvalue weighted by molar-refractivity contribution is 7.92. The molecule has 94 valence electrons. The van der Waals surface area contributed by atoms with Gasteiger partial charge in [-0.05, 0) is 18.8 Å². The zero-order chi connectivity index (χ0) is 12.2. The third kappa shape index (κ3) is 3.47. The lowest BCUT2D eigenvalue weighted by Crippen LogP contribution is -2.34. The SMILES string of the molecule is CCC1CCCCC1S(=O)(=O)CCC(=O)O. The van der Waals surface area contributed by atoms with Crippen LogP contribution in [0.5, 0.6) is 0 Å². The summed E-state index contributed by atoms with van der Waals surface area (Å²) in [5, 5.41) is 8.23. The fourth-order valence-electron chi connectivity index (χ4n) is 2.49. The van der Waals surface area contributed by atoms with Gasteiger partial charge >= 0.3 is 5.97 Å². The average molecular weight is 248 g/mol. The second kappa shape index (κ2) is 5.66. The maximum atomic E-state index is 12.0. The summed E-state index contributed by atoms with van der Waals surface area (Å²) in [7, 11) is -3.22. The summed E-state index contributed by atoms with van der Waals surface area (Å²) in [6, 6.07) is 0. The molecule has 1 rings (SSSR count). The zero-order valence-electron chi connectivity index (χ0n) is 9.68. The van der Waals surface area contributed by atoms with Crippen molar-refractivity contribution < 1.29 is 18.3 Å². The molecule has 0 radical (unpaired) electrons. The first-order valence-electron chi connectivity index (χ1n) is 5.90. The lowest BCUT2D eigenvalue weighted by molar-refractivity contribution is -0.136. The van der Waals surface area contributed by atoms with E-state index in [0.29, 0.717) is 6.42 Å². The van der Waals surface area contributed by atoms with Crippen molar-refractivity contribution in [3.63, 3.8) is 0 Å². The molecule has 5 heteroatoms. The molecule has 1 aliphatic rings. The molecule has 0 spiro atoms. The normalized spacial score (nSPS) is 26.6. The van der Waals surface area contributed by atoms with Gasteiger partial charge in [0.1, 0.15) is 0 Å². The Kier molecular flexibility index (Phi) is 4.77. The first kappa shape index (κ1) is 13.5. The summed E-state index contributed by atoms with van der Waals surface area (Å²) in [5.41, 5.74) is 0. The van der Waals surface area contributed by atoms with Gasteiger partial charge in [-0.3, -0.25) is 4.79 Å². The van der Waals surface area contributed by atoms with Crippen LogP contribution in [0.15, 0.2) is 0 Å². The van der Waals surface area contributed by atoms with Crippen molar-refractivity contribution in [2.75, 3.05) is 5.75 Å². The van der Waals surface area contributed by atoms with Crippen molar-refractivity contribution >= 4 is 15.8 Å². The van der Waals surface area contributed by atoms with Gasteiger partial charge < -0.3 is 5.11 Å². The number of carboxylic acid groups (broad SMARTS) is 1. The van der Waals surface area contributed by atoms with Crippen molar-refractivity contribution in [3.8, 4) is 0 Å². The van der Waals surface area contributed by atoms with Crippen LogP contribution in [0.4, 0.5) is 0 Å². The lowest BCUT2D eigenvalue weighted by Gasteiger charge is -2.30. The molecule has 1 fully saturated rings. The monoisotopic (exact) mass is 248 g/mol. The Hall–Kier alpha value is -0.580. The Balaban J connectivity index is 2.68. The van der Waals surface area contributed by atoms with E-state index in [1.54, 1.807) is 0 Å². The highest BCUT2D eigenvalue weighted by Crippen LogP contribution is 2.32. The maximum Gasteiger partial charge on any atom is 0.304 e. The largest absolute Gasteiger partial charge is 0.481 e. The molecule has 0 aliphatic heterocycles. The molecule has 0 aromatic heterocycles. The Morgan fingerprint density at radius 2 is 1.94 bits per heavy atom. The van der Waals surface area contributed by atoms with E-state index < -0.39 is 15.8 Å². The van der Waals surface area contributed by atoms with Gasteiger partial charge in [0.05, 0.1) is 17.4 Å². The number of hydrogen-bond acceptors (Lipinski definition) is 3. The third-order valence-corrected chi connectivity index (χ3v) is 5.74. The minimum Gasteiger partial charge on any atom is -0.481 e. The molecule has 1 aliphatic carbocycles. The highest BCUT2D eigenvalue weighted by Gasteiger charge is 2.34. The molecule has 0 aromatic rings. The molecular weight excluding hydrogens is 228 g/mol. The van der Waals surface area contributed by atoms with Crippen molar-refractivity contribution in [2.45, 2.75) is 50.7 Å². The second-order valence-electron chi connectivity index (χ2n) is 4.50. The maximum absolute atomic E-state index is 12.0. The van der Waals surface area contributed by atoms with Gasteiger partial charge in [-0.1, -0.05) is 26.2 Å². The summed E-state index contributed by atoms with van der Waals surface area (Å²) in [5.74, 6) is -1.01. The van der Waals surface area contributed by atoms with E-state index in [0.717, 1.165) is 25.7 Å². The molecule has 0 heterocycles. The van der Waals surface area contributed by atoms with Crippen LogP contribution in [-0.2, 0) is 14.6 Å². The fourth-order valence-corrected chi connectivity index (χ4v) is 4.70. The van der Waals surface area contributed by atoms with Gasteiger partial charge in [-0.2, -0.15) is 0 Å². The standard InChI is InChI=1S/C11H20O4S/c1-2-9-5-3-4-6-10(9)16(14,15)8-7-11(12)13/h9-10H,2-8H2,1H3,(H,12,13). The van der Waals surface area contributed by atoms with Crippen LogP contribution in [0.3, 0.4) is 0 Å². The van der Waals surface area contributed by atoms with Crippen LogP contribution < -0.4 is 0 Å². The van der Waals surface area contributed by atoms with Crippen LogP contribution in [0.25, 0.3) is 0 Å². The summed E-state index contributed by atoms with van der Waals surface area (Å²) < 4.78 is 24.0.